The van der Waals surface area contributed by atoms with E-state index >= 15 is 0 Å². The van der Waals surface area contributed by atoms with Crippen LogP contribution in [0.4, 0.5) is 17.1 Å². The van der Waals surface area contributed by atoms with E-state index in [1.54, 1.807) is 12.1 Å². The highest BCUT2D eigenvalue weighted by Gasteiger charge is 2.17. The number of sulfonamides is 2. The van der Waals surface area contributed by atoms with E-state index in [0.29, 0.717) is 28.4 Å². The molecule has 0 aromatic heterocycles. The number of amides is 1. The van der Waals surface area contributed by atoms with Gasteiger partial charge < -0.3 is 10.1 Å². The summed E-state index contributed by atoms with van der Waals surface area (Å²) in [5.74, 6) is -0.0291. The fourth-order valence-electron chi connectivity index (χ4n) is 3.04. The number of anilines is 3. The SMILES string of the molecule is COc1ccc(C)cc1NS(=O)(=O)c1ccc(NC(=O)c2ccc(N(C)S(C)(=O)=O)cc2)cc1. The summed E-state index contributed by atoms with van der Waals surface area (Å²) < 4.78 is 57.7. The van der Waals surface area contributed by atoms with Crippen LogP contribution < -0.4 is 19.1 Å². The second kappa shape index (κ2) is 9.74. The molecule has 0 fully saturated rings. The van der Waals surface area contributed by atoms with Crippen LogP contribution in [-0.4, -0.2) is 43.2 Å². The van der Waals surface area contributed by atoms with E-state index in [1.807, 2.05) is 13.0 Å². The third-order valence-electron chi connectivity index (χ3n) is 5.01. The summed E-state index contributed by atoms with van der Waals surface area (Å²) in [4.78, 5) is 12.5. The van der Waals surface area contributed by atoms with Crippen LogP contribution in [0.1, 0.15) is 15.9 Å². The van der Waals surface area contributed by atoms with Crippen LogP contribution in [-0.2, 0) is 20.0 Å². The second-order valence-corrected chi connectivity index (χ2v) is 11.3. The molecule has 0 aliphatic heterocycles. The number of methoxy groups -OCH3 is 1. The van der Waals surface area contributed by atoms with E-state index in [2.05, 4.69) is 10.0 Å². The first kappa shape index (κ1) is 25.1. The van der Waals surface area contributed by atoms with Gasteiger partial charge in [-0.2, -0.15) is 0 Å². The van der Waals surface area contributed by atoms with Crippen LogP contribution in [0.15, 0.2) is 71.6 Å². The van der Waals surface area contributed by atoms with Crippen LogP contribution in [0.2, 0.25) is 0 Å². The molecule has 3 aromatic carbocycles. The fourth-order valence-corrected chi connectivity index (χ4v) is 4.61. The molecule has 3 rings (SSSR count). The Bertz CT molecular complexity index is 1400. The summed E-state index contributed by atoms with van der Waals surface area (Å²) in [5.41, 5.74) is 2.33. The molecule has 1 amide bonds. The molecule has 0 aliphatic carbocycles. The van der Waals surface area contributed by atoms with Gasteiger partial charge in [-0.3, -0.25) is 13.8 Å². The molecule has 11 heteroatoms. The average Bonchev–Trinajstić information content (AvgIpc) is 2.78. The monoisotopic (exact) mass is 503 g/mol. The van der Waals surface area contributed by atoms with Crippen LogP contribution >= 0.6 is 0 Å². The Hall–Kier alpha value is -3.57. The second-order valence-electron chi connectivity index (χ2n) is 7.57. The maximum atomic E-state index is 12.8. The summed E-state index contributed by atoms with van der Waals surface area (Å²) in [6.45, 7) is 1.84. The minimum atomic E-state index is -3.88. The molecular weight excluding hydrogens is 478 g/mol. The van der Waals surface area contributed by atoms with Crippen LogP contribution in [0.25, 0.3) is 0 Å². The highest BCUT2D eigenvalue weighted by Crippen LogP contribution is 2.28. The number of benzene rings is 3. The van der Waals surface area contributed by atoms with Gasteiger partial charge in [0.25, 0.3) is 15.9 Å². The molecule has 0 atom stereocenters. The van der Waals surface area contributed by atoms with Crippen molar-refractivity contribution in [2.45, 2.75) is 11.8 Å². The Balaban J connectivity index is 1.72. The summed E-state index contributed by atoms with van der Waals surface area (Å²) in [7, 11) is -4.41. The molecule has 3 aromatic rings. The summed E-state index contributed by atoms with van der Waals surface area (Å²) in [6, 6.07) is 16.9. The number of carbonyl (C=O) groups excluding carboxylic acids is 1. The van der Waals surface area contributed by atoms with Gasteiger partial charge in [0.2, 0.25) is 10.0 Å². The molecule has 2 N–H and O–H groups in total. The number of nitrogens with one attached hydrogen (secondary N) is 2. The third kappa shape index (κ3) is 5.86. The number of nitrogens with zero attached hydrogens (tertiary/aromatic N) is 1. The van der Waals surface area contributed by atoms with Gasteiger partial charge in [0.15, 0.2) is 0 Å². The van der Waals surface area contributed by atoms with Crippen molar-refractivity contribution >= 4 is 43.0 Å². The summed E-state index contributed by atoms with van der Waals surface area (Å²) in [6.07, 6.45) is 1.09. The molecule has 9 nitrogen and oxygen atoms in total. The zero-order valence-corrected chi connectivity index (χ0v) is 20.7. The van der Waals surface area contributed by atoms with Crippen LogP contribution in [0.5, 0.6) is 5.75 Å². The summed E-state index contributed by atoms with van der Waals surface area (Å²) in [5, 5.41) is 2.69. The molecule has 0 bridgehead atoms. The smallest absolute Gasteiger partial charge is 0.262 e. The van der Waals surface area contributed by atoms with E-state index in [1.165, 1.54) is 62.7 Å². The molecule has 0 saturated carbocycles. The average molecular weight is 504 g/mol. The quantitative estimate of drug-likeness (QED) is 0.486. The molecule has 34 heavy (non-hydrogen) atoms. The fraction of sp³-hybridized carbons (Fsp3) is 0.174. The maximum absolute atomic E-state index is 12.8. The Kier molecular flexibility index (Phi) is 7.18. The maximum Gasteiger partial charge on any atom is 0.262 e. The van der Waals surface area contributed by atoms with E-state index in [9.17, 15) is 21.6 Å². The Labute approximate surface area is 199 Å². The van der Waals surface area contributed by atoms with Crippen molar-refractivity contribution in [1.29, 1.82) is 0 Å². The molecule has 0 unspecified atom stereocenters. The van der Waals surface area contributed by atoms with Crippen molar-refractivity contribution in [3.8, 4) is 5.75 Å². The number of carbonyl (C=O) groups is 1. The lowest BCUT2D eigenvalue weighted by Gasteiger charge is -2.16. The molecule has 0 radical (unpaired) electrons. The van der Waals surface area contributed by atoms with Crippen molar-refractivity contribution in [3.05, 3.63) is 77.9 Å². The number of hydrogen-bond donors (Lipinski definition) is 2. The van der Waals surface area contributed by atoms with Gasteiger partial charge >= 0.3 is 0 Å². The highest BCUT2D eigenvalue weighted by atomic mass is 32.2. The topological polar surface area (TPSA) is 122 Å². The molecule has 0 spiro atoms. The predicted molar refractivity (Wildman–Crippen MR) is 133 cm³/mol. The first-order chi connectivity index (χ1) is 15.9. The van der Waals surface area contributed by atoms with Crippen molar-refractivity contribution in [2.75, 3.05) is 34.8 Å². The standard InChI is InChI=1S/C23H25N3O6S2/c1-16-5-14-22(32-3)21(15-16)25-34(30,31)20-12-8-18(9-13-20)24-23(27)17-6-10-19(11-7-17)26(2)33(4,28)29/h5-15,25H,1-4H3,(H,24,27). The van der Waals surface area contributed by atoms with E-state index in [0.717, 1.165) is 16.1 Å². The van der Waals surface area contributed by atoms with E-state index in [-0.39, 0.29) is 4.90 Å². The van der Waals surface area contributed by atoms with E-state index < -0.39 is 26.0 Å². The van der Waals surface area contributed by atoms with Gasteiger partial charge in [-0.1, -0.05) is 6.07 Å². The van der Waals surface area contributed by atoms with Gasteiger partial charge in [0.05, 0.1) is 29.6 Å². The Morgan fingerprint density at radius 2 is 1.53 bits per heavy atom. The molecule has 180 valence electrons. The Morgan fingerprint density at radius 3 is 2.09 bits per heavy atom. The lowest BCUT2D eigenvalue weighted by molar-refractivity contribution is 0.102. The van der Waals surface area contributed by atoms with Gasteiger partial charge in [-0.25, -0.2) is 16.8 Å². The first-order valence-corrected chi connectivity index (χ1v) is 13.4. The molecule has 0 aliphatic rings. The van der Waals surface area contributed by atoms with Crippen LogP contribution in [0.3, 0.4) is 0 Å². The number of rotatable bonds is 8. The van der Waals surface area contributed by atoms with Crippen molar-refractivity contribution in [3.63, 3.8) is 0 Å². The summed E-state index contributed by atoms with van der Waals surface area (Å²) >= 11 is 0. The minimum absolute atomic E-state index is 0.0159. The van der Waals surface area contributed by atoms with Crippen LogP contribution in [0, 0.1) is 6.92 Å². The van der Waals surface area contributed by atoms with Crippen molar-refractivity contribution < 1.29 is 26.4 Å². The number of aryl methyl sites for hydroxylation is 1. The lowest BCUT2D eigenvalue weighted by Crippen LogP contribution is -2.24. The largest absolute Gasteiger partial charge is 0.495 e. The molecule has 0 heterocycles. The Morgan fingerprint density at radius 1 is 0.912 bits per heavy atom. The van der Waals surface area contributed by atoms with Crippen molar-refractivity contribution in [2.24, 2.45) is 0 Å². The number of ether oxygens (including phenoxy) is 1. The normalized spacial score (nSPS) is 11.5. The van der Waals surface area contributed by atoms with Gasteiger partial charge in [0.1, 0.15) is 5.75 Å². The minimum Gasteiger partial charge on any atom is -0.495 e. The first-order valence-electron chi connectivity index (χ1n) is 10.0. The zero-order chi connectivity index (χ0) is 25.1. The van der Waals surface area contributed by atoms with Gasteiger partial charge in [-0.05, 0) is 73.2 Å². The number of hydrogen-bond acceptors (Lipinski definition) is 6. The third-order valence-corrected chi connectivity index (χ3v) is 7.60. The lowest BCUT2D eigenvalue weighted by atomic mass is 10.2. The van der Waals surface area contributed by atoms with Gasteiger partial charge in [-0.15, -0.1) is 0 Å². The zero-order valence-electron chi connectivity index (χ0n) is 19.1. The van der Waals surface area contributed by atoms with E-state index in [4.69, 9.17) is 4.74 Å². The molecular formula is C23H25N3O6S2. The molecule has 0 saturated heterocycles. The van der Waals surface area contributed by atoms with Crippen molar-refractivity contribution in [1.82, 2.24) is 0 Å². The van der Waals surface area contributed by atoms with Gasteiger partial charge in [0, 0.05) is 18.3 Å². The predicted octanol–water partition coefficient (Wildman–Crippen LogP) is 3.45. The highest BCUT2D eigenvalue weighted by molar-refractivity contribution is 7.92.